The van der Waals surface area contributed by atoms with E-state index >= 15 is 0 Å². The van der Waals surface area contributed by atoms with Gasteiger partial charge in [0.2, 0.25) is 5.91 Å². The van der Waals surface area contributed by atoms with Crippen LogP contribution >= 0.6 is 11.6 Å². The van der Waals surface area contributed by atoms with Crippen LogP contribution in [0.2, 0.25) is 5.02 Å². The number of halogens is 1. The van der Waals surface area contributed by atoms with Gasteiger partial charge >= 0.3 is 0 Å². The average Bonchev–Trinajstić information content (AvgIpc) is 2.84. The Hall–Kier alpha value is -1.26. The van der Waals surface area contributed by atoms with E-state index in [-0.39, 0.29) is 17.9 Å². The third-order valence-electron chi connectivity index (χ3n) is 3.91. The Morgan fingerprint density at radius 3 is 2.85 bits per heavy atom. The van der Waals surface area contributed by atoms with Crippen molar-refractivity contribution < 1.29 is 9.53 Å². The number of nitrogens with two attached hydrogens (primary N) is 1. The molecule has 5 heteroatoms. The van der Waals surface area contributed by atoms with E-state index in [4.69, 9.17) is 22.1 Å². The van der Waals surface area contributed by atoms with Crippen molar-refractivity contribution in [3.63, 3.8) is 0 Å². The Bertz CT molecular complexity index is 493. The summed E-state index contributed by atoms with van der Waals surface area (Å²) in [6.07, 6.45) is 2.85. The summed E-state index contributed by atoms with van der Waals surface area (Å²) in [4.78, 5) is 14.1. The predicted molar refractivity (Wildman–Crippen MR) is 79.8 cm³/mol. The van der Waals surface area contributed by atoms with Crippen molar-refractivity contribution in [2.45, 2.75) is 31.8 Å². The highest BCUT2D eigenvalue weighted by Gasteiger charge is 2.32. The first-order valence-corrected chi connectivity index (χ1v) is 7.23. The maximum absolute atomic E-state index is 12.4. The Labute approximate surface area is 124 Å². The normalized spacial score (nSPS) is 21.8. The van der Waals surface area contributed by atoms with E-state index in [1.54, 1.807) is 25.1 Å². The van der Waals surface area contributed by atoms with Crippen molar-refractivity contribution in [3.05, 3.63) is 28.8 Å². The molecule has 0 spiro atoms. The number of hydrogen-bond acceptors (Lipinski definition) is 3. The summed E-state index contributed by atoms with van der Waals surface area (Å²) in [5, 5.41) is 0.638. The van der Waals surface area contributed by atoms with Gasteiger partial charge in [0.25, 0.3) is 0 Å². The van der Waals surface area contributed by atoms with E-state index < -0.39 is 0 Å². The van der Waals surface area contributed by atoms with Gasteiger partial charge in [-0.1, -0.05) is 18.0 Å². The monoisotopic (exact) mass is 296 g/mol. The number of amides is 1. The second-order valence-electron chi connectivity index (χ2n) is 5.35. The summed E-state index contributed by atoms with van der Waals surface area (Å²) in [5.41, 5.74) is 6.90. The van der Waals surface area contributed by atoms with Crippen molar-refractivity contribution in [3.8, 4) is 5.75 Å². The largest absolute Gasteiger partial charge is 0.496 e. The number of carbonyl (C=O) groups excluding carboxylic acids is 1. The molecule has 1 aromatic carbocycles. The zero-order valence-corrected chi connectivity index (χ0v) is 12.7. The first-order chi connectivity index (χ1) is 9.52. The van der Waals surface area contributed by atoms with Gasteiger partial charge < -0.3 is 15.4 Å². The molecule has 1 saturated carbocycles. The number of carbonyl (C=O) groups is 1. The molecule has 110 valence electrons. The van der Waals surface area contributed by atoms with E-state index in [0.717, 1.165) is 30.6 Å². The molecule has 1 amide bonds. The second kappa shape index (κ2) is 6.46. The Morgan fingerprint density at radius 1 is 1.50 bits per heavy atom. The molecule has 2 atom stereocenters. The number of ether oxygens (including phenoxy) is 1. The van der Waals surface area contributed by atoms with Crippen LogP contribution in [-0.2, 0) is 11.3 Å². The van der Waals surface area contributed by atoms with Gasteiger partial charge in [-0.25, -0.2) is 0 Å². The number of benzene rings is 1. The molecule has 0 saturated heterocycles. The highest BCUT2D eigenvalue weighted by Crippen LogP contribution is 2.28. The van der Waals surface area contributed by atoms with Crippen LogP contribution in [0.15, 0.2) is 18.2 Å². The standard InChI is InChI=1S/C15H21ClN2O2/c1-18(15(19)12-4-3-5-13(12)17)9-10-8-11(16)6-7-14(10)20-2/h6-8,12-13H,3-5,9,17H2,1-2H3/t12-,13+/m1/s1. The fourth-order valence-electron chi connectivity index (χ4n) is 2.78. The molecule has 0 aliphatic heterocycles. The summed E-state index contributed by atoms with van der Waals surface area (Å²) in [6.45, 7) is 0.478. The maximum atomic E-state index is 12.4. The molecule has 1 aliphatic carbocycles. The van der Waals surface area contributed by atoms with Gasteiger partial charge in [-0.2, -0.15) is 0 Å². The van der Waals surface area contributed by atoms with E-state index in [1.165, 1.54) is 0 Å². The van der Waals surface area contributed by atoms with E-state index in [2.05, 4.69) is 0 Å². The SMILES string of the molecule is COc1ccc(Cl)cc1CN(C)C(=O)[C@@H]1CCC[C@@H]1N. The first kappa shape index (κ1) is 15.1. The first-order valence-electron chi connectivity index (χ1n) is 6.86. The zero-order valence-electron chi connectivity index (χ0n) is 11.9. The lowest BCUT2D eigenvalue weighted by Gasteiger charge is -2.24. The fourth-order valence-corrected chi connectivity index (χ4v) is 2.98. The van der Waals surface area contributed by atoms with Crippen molar-refractivity contribution in [2.24, 2.45) is 11.7 Å². The van der Waals surface area contributed by atoms with Gasteiger partial charge in [0.1, 0.15) is 5.75 Å². The number of hydrogen-bond donors (Lipinski definition) is 1. The molecular weight excluding hydrogens is 276 g/mol. The lowest BCUT2D eigenvalue weighted by molar-refractivity contribution is -0.134. The van der Waals surface area contributed by atoms with E-state index in [1.807, 2.05) is 12.1 Å². The summed E-state index contributed by atoms with van der Waals surface area (Å²) in [6, 6.07) is 5.42. The van der Waals surface area contributed by atoms with Crippen LogP contribution in [0.5, 0.6) is 5.75 Å². The van der Waals surface area contributed by atoms with Crippen LogP contribution < -0.4 is 10.5 Å². The van der Waals surface area contributed by atoms with Crippen molar-refractivity contribution in [1.82, 2.24) is 4.90 Å². The number of rotatable bonds is 4. The van der Waals surface area contributed by atoms with Crippen LogP contribution in [0, 0.1) is 5.92 Å². The van der Waals surface area contributed by atoms with E-state index in [0.29, 0.717) is 11.6 Å². The summed E-state index contributed by atoms with van der Waals surface area (Å²) in [5.74, 6) is 0.798. The highest BCUT2D eigenvalue weighted by atomic mass is 35.5. The summed E-state index contributed by atoms with van der Waals surface area (Å²) in [7, 11) is 3.41. The molecule has 2 rings (SSSR count). The number of methoxy groups -OCH3 is 1. The van der Waals surface area contributed by atoms with Crippen molar-refractivity contribution >= 4 is 17.5 Å². The van der Waals surface area contributed by atoms with Crippen molar-refractivity contribution in [2.75, 3.05) is 14.2 Å². The van der Waals surface area contributed by atoms with Gasteiger partial charge in [0.05, 0.1) is 13.0 Å². The molecule has 0 radical (unpaired) electrons. The molecule has 20 heavy (non-hydrogen) atoms. The van der Waals surface area contributed by atoms with Crippen LogP contribution in [0.1, 0.15) is 24.8 Å². The van der Waals surface area contributed by atoms with Crippen LogP contribution in [0.25, 0.3) is 0 Å². The Morgan fingerprint density at radius 2 is 2.25 bits per heavy atom. The predicted octanol–water partition coefficient (Wildman–Crippen LogP) is 2.43. The molecule has 0 heterocycles. The molecule has 0 bridgehead atoms. The van der Waals surface area contributed by atoms with Gasteiger partial charge in [-0.15, -0.1) is 0 Å². The minimum absolute atomic E-state index is 0.00814. The Kier molecular flexibility index (Phi) is 4.89. The van der Waals surface area contributed by atoms with Crippen LogP contribution in [0.4, 0.5) is 0 Å². The minimum atomic E-state index is -0.0508. The topological polar surface area (TPSA) is 55.6 Å². The van der Waals surface area contributed by atoms with Gasteiger partial charge in [-0.3, -0.25) is 4.79 Å². The fraction of sp³-hybridized carbons (Fsp3) is 0.533. The quantitative estimate of drug-likeness (QED) is 0.928. The molecule has 1 aliphatic rings. The summed E-state index contributed by atoms with van der Waals surface area (Å²) < 4.78 is 5.31. The van der Waals surface area contributed by atoms with E-state index in [9.17, 15) is 4.79 Å². The van der Waals surface area contributed by atoms with Crippen LogP contribution in [-0.4, -0.2) is 31.0 Å². The molecule has 4 nitrogen and oxygen atoms in total. The number of nitrogens with zero attached hydrogens (tertiary/aromatic N) is 1. The minimum Gasteiger partial charge on any atom is -0.496 e. The molecule has 1 fully saturated rings. The second-order valence-corrected chi connectivity index (χ2v) is 5.79. The summed E-state index contributed by atoms with van der Waals surface area (Å²) >= 11 is 6.01. The van der Waals surface area contributed by atoms with Gasteiger partial charge in [0, 0.05) is 30.2 Å². The molecule has 0 aromatic heterocycles. The third kappa shape index (κ3) is 3.25. The van der Waals surface area contributed by atoms with Crippen LogP contribution in [0.3, 0.4) is 0 Å². The molecule has 1 aromatic rings. The molecule has 2 N–H and O–H groups in total. The lowest BCUT2D eigenvalue weighted by atomic mass is 10.0. The third-order valence-corrected chi connectivity index (χ3v) is 4.15. The smallest absolute Gasteiger partial charge is 0.227 e. The molecular formula is C15H21ClN2O2. The molecule has 0 unspecified atom stereocenters. The average molecular weight is 297 g/mol. The van der Waals surface area contributed by atoms with Gasteiger partial charge in [0.15, 0.2) is 0 Å². The lowest BCUT2D eigenvalue weighted by Crippen LogP contribution is -2.39. The Balaban J connectivity index is 2.09. The van der Waals surface area contributed by atoms with Crippen molar-refractivity contribution in [1.29, 1.82) is 0 Å². The zero-order chi connectivity index (χ0) is 14.7. The maximum Gasteiger partial charge on any atom is 0.227 e. The highest BCUT2D eigenvalue weighted by molar-refractivity contribution is 6.30. The van der Waals surface area contributed by atoms with Gasteiger partial charge in [-0.05, 0) is 31.0 Å².